The van der Waals surface area contributed by atoms with Gasteiger partial charge in [-0.05, 0) is 61.4 Å². The summed E-state index contributed by atoms with van der Waals surface area (Å²) >= 11 is 0. The fourth-order valence-electron chi connectivity index (χ4n) is 3.00. The molecule has 3 aromatic carbocycles. The Bertz CT molecular complexity index is 1170. The van der Waals surface area contributed by atoms with Crippen molar-refractivity contribution in [3.05, 3.63) is 71.8 Å². The summed E-state index contributed by atoms with van der Waals surface area (Å²) in [6, 6.07) is 18.8. The molecule has 0 radical (unpaired) electrons. The summed E-state index contributed by atoms with van der Waals surface area (Å²) in [6.45, 7) is 4.10. The fraction of sp³-hybridized carbons (Fsp3) is 0.130. The average molecular weight is 372 g/mol. The standard InChI is InChI=1S/C23H20N2O3/c1-14-11-12-16(13-15(14)2)28-23-17-7-4-5-9-19(17)24-22(25-23)18-8-6-10-20(27-3)21(18)26/h4-13,26H,1-3H3. The molecule has 5 nitrogen and oxygen atoms in total. The molecule has 0 bridgehead atoms. The monoisotopic (exact) mass is 372 g/mol. The Morgan fingerprint density at radius 1 is 0.857 bits per heavy atom. The number of aromatic nitrogens is 2. The highest BCUT2D eigenvalue weighted by Gasteiger charge is 2.16. The van der Waals surface area contributed by atoms with Gasteiger partial charge < -0.3 is 14.6 Å². The van der Waals surface area contributed by atoms with E-state index in [-0.39, 0.29) is 5.75 Å². The van der Waals surface area contributed by atoms with Crippen LogP contribution >= 0.6 is 0 Å². The zero-order chi connectivity index (χ0) is 19.7. The molecule has 0 aliphatic rings. The van der Waals surface area contributed by atoms with E-state index in [0.29, 0.717) is 28.8 Å². The number of hydrogen-bond donors (Lipinski definition) is 1. The molecule has 0 spiro atoms. The van der Waals surface area contributed by atoms with Gasteiger partial charge in [0.05, 0.1) is 23.6 Å². The van der Waals surface area contributed by atoms with Gasteiger partial charge in [-0.2, -0.15) is 4.98 Å². The molecule has 140 valence electrons. The molecule has 0 fully saturated rings. The van der Waals surface area contributed by atoms with E-state index in [9.17, 15) is 5.11 Å². The number of fused-ring (bicyclic) bond motifs is 1. The van der Waals surface area contributed by atoms with Gasteiger partial charge in [-0.15, -0.1) is 0 Å². The van der Waals surface area contributed by atoms with Gasteiger partial charge in [0, 0.05) is 0 Å². The van der Waals surface area contributed by atoms with Crippen LogP contribution in [-0.2, 0) is 0 Å². The van der Waals surface area contributed by atoms with Crippen LogP contribution in [0.2, 0.25) is 0 Å². The Hall–Kier alpha value is -3.60. The predicted octanol–water partition coefficient (Wildman–Crippen LogP) is 5.42. The number of benzene rings is 3. The molecule has 28 heavy (non-hydrogen) atoms. The average Bonchev–Trinajstić information content (AvgIpc) is 2.71. The number of hydrogen-bond acceptors (Lipinski definition) is 5. The van der Waals surface area contributed by atoms with Crippen molar-refractivity contribution in [3.8, 4) is 34.5 Å². The number of aromatic hydroxyl groups is 1. The number of phenols is 1. The highest BCUT2D eigenvalue weighted by molar-refractivity contribution is 5.86. The summed E-state index contributed by atoms with van der Waals surface area (Å²) in [6.07, 6.45) is 0. The first-order valence-corrected chi connectivity index (χ1v) is 8.95. The first kappa shape index (κ1) is 17.8. The lowest BCUT2D eigenvalue weighted by Crippen LogP contribution is -1.97. The van der Waals surface area contributed by atoms with E-state index in [1.54, 1.807) is 18.2 Å². The third-order valence-electron chi connectivity index (χ3n) is 4.72. The van der Waals surface area contributed by atoms with Crippen LogP contribution in [0.4, 0.5) is 0 Å². The lowest BCUT2D eigenvalue weighted by molar-refractivity contribution is 0.374. The van der Waals surface area contributed by atoms with Crippen molar-refractivity contribution < 1.29 is 14.6 Å². The highest BCUT2D eigenvalue weighted by Crippen LogP contribution is 2.37. The SMILES string of the molecule is COc1cccc(-c2nc(Oc3ccc(C)c(C)c3)c3ccccc3n2)c1O. The van der Waals surface area contributed by atoms with Crippen molar-refractivity contribution in [3.63, 3.8) is 0 Å². The van der Waals surface area contributed by atoms with E-state index in [2.05, 4.69) is 16.9 Å². The Morgan fingerprint density at radius 2 is 1.68 bits per heavy atom. The maximum atomic E-state index is 10.5. The molecule has 0 amide bonds. The quantitative estimate of drug-likeness (QED) is 0.518. The topological polar surface area (TPSA) is 64.5 Å². The van der Waals surface area contributed by atoms with Crippen molar-refractivity contribution in [2.75, 3.05) is 7.11 Å². The van der Waals surface area contributed by atoms with Crippen LogP contribution < -0.4 is 9.47 Å². The zero-order valence-electron chi connectivity index (χ0n) is 15.9. The van der Waals surface area contributed by atoms with E-state index in [0.717, 1.165) is 16.5 Å². The van der Waals surface area contributed by atoms with Gasteiger partial charge in [0.25, 0.3) is 0 Å². The largest absolute Gasteiger partial charge is 0.504 e. The minimum Gasteiger partial charge on any atom is -0.504 e. The Labute approximate surface area is 163 Å². The van der Waals surface area contributed by atoms with E-state index in [1.807, 2.05) is 49.4 Å². The van der Waals surface area contributed by atoms with E-state index < -0.39 is 0 Å². The molecule has 0 saturated carbocycles. The van der Waals surface area contributed by atoms with Crippen LogP contribution in [-0.4, -0.2) is 22.2 Å². The van der Waals surface area contributed by atoms with Crippen LogP contribution in [0.3, 0.4) is 0 Å². The van der Waals surface area contributed by atoms with Gasteiger partial charge in [0.2, 0.25) is 5.88 Å². The number of nitrogens with zero attached hydrogens (tertiary/aromatic N) is 2. The van der Waals surface area contributed by atoms with Crippen LogP contribution in [0.15, 0.2) is 60.7 Å². The molecular weight excluding hydrogens is 352 g/mol. The molecule has 0 unspecified atom stereocenters. The minimum absolute atomic E-state index is 0.00240. The number of para-hydroxylation sites is 2. The third-order valence-corrected chi connectivity index (χ3v) is 4.72. The molecule has 0 saturated heterocycles. The van der Waals surface area contributed by atoms with Gasteiger partial charge in [0.1, 0.15) is 5.75 Å². The summed E-state index contributed by atoms with van der Waals surface area (Å²) in [4.78, 5) is 9.21. The lowest BCUT2D eigenvalue weighted by atomic mass is 10.1. The predicted molar refractivity (Wildman–Crippen MR) is 109 cm³/mol. The number of rotatable bonds is 4. The van der Waals surface area contributed by atoms with Crippen LogP contribution in [0.1, 0.15) is 11.1 Å². The van der Waals surface area contributed by atoms with Crippen molar-refractivity contribution in [2.45, 2.75) is 13.8 Å². The van der Waals surface area contributed by atoms with Crippen molar-refractivity contribution >= 4 is 10.9 Å². The summed E-state index contributed by atoms with van der Waals surface area (Å²) in [5.41, 5.74) is 3.55. The molecular formula is C23H20N2O3. The van der Waals surface area contributed by atoms with Gasteiger partial charge in [-0.25, -0.2) is 4.98 Å². The fourth-order valence-corrected chi connectivity index (χ4v) is 3.00. The number of aryl methyl sites for hydroxylation is 2. The molecule has 0 atom stereocenters. The van der Waals surface area contributed by atoms with Crippen molar-refractivity contribution in [1.82, 2.24) is 9.97 Å². The first-order chi connectivity index (χ1) is 13.6. The Kier molecular flexibility index (Phi) is 4.57. The molecule has 4 aromatic rings. The van der Waals surface area contributed by atoms with E-state index in [4.69, 9.17) is 9.47 Å². The van der Waals surface area contributed by atoms with Crippen molar-refractivity contribution in [1.29, 1.82) is 0 Å². The second-order valence-corrected chi connectivity index (χ2v) is 6.57. The second kappa shape index (κ2) is 7.19. The summed E-state index contributed by atoms with van der Waals surface area (Å²) in [7, 11) is 1.51. The lowest BCUT2D eigenvalue weighted by Gasteiger charge is -2.12. The van der Waals surface area contributed by atoms with E-state index in [1.165, 1.54) is 12.7 Å². The molecule has 1 aromatic heterocycles. The first-order valence-electron chi connectivity index (χ1n) is 8.95. The van der Waals surface area contributed by atoms with Crippen LogP contribution in [0.25, 0.3) is 22.3 Å². The minimum atomic E-state index is -0.00240. The second-order valence-electron chi connectivity index (χ2n) is 6.57. The number of phenolic OH excluding ortho intramolecular Hbond substituents is 1. The van der Waals surface area contributed by atoms with Gasteiger partial charge in [-0.1, -0.05) is 24.3 Å². The molecule has 1 heterocycles. The maximum absolute atomic E-state index is 10.5. The molecule has 4 rings (SSSR count). The Morgan fingerprint density at radius 3 is 2.46 bits per heavy atom. The third kappa shape index (κ3) is 3.22. The van der Waals surface area contributed by atoms with Crippen LogP contribution in [0.5, 0.6) is 23.1 Å². The highest BCUT2D eigenvalue weighted by atomic mass is 16.5. The smallest absolute Gasteiger partial charge is 0.230 e. The molecule has 1 N–H and O–H groups in total. The number of methoxy groups -OCH3 is 1. The molecule has 5 heteroatoms. The zero-order valence-corrected chi connectivity index (χ0v) is 15.9. The molecule has 0 aliphatic carbocycles. The summed E-state index contributed by atoms with van der Waals surface area (Å²) < 4.78 is 11.3. The van der Waals surface area contributed by atoms with Crippen LogP contribution in [0, 0.1) is 13.8 Å². The van der Waals surface area contributed by atoms with Gasteiger partial charge >= 0.3 is 0 Å². The van der Waals surface area contributed by atoms with Crippen molar-refractivity contribution in [2.24, 2.45) is 0 Å². The molecule has 0 aliphatic heterocycles. The summed E-state index contributed by atoms with van der Waals surface area (Å²) in [5, 5.41) is 11.3. The van der Waals surface area contributed by atoms with E-state index >= 15 is 0 Å². The Balaban J connectivity index is 1.87. The van der Waals surface area contributed by atoms with Gasteiger partial charge in [-0.3, -0.25) is 0 Å². The normalized spacial score (nSPS) is 10.8. The number of ether oxygens (including phenoxy) is 2. The maximum Gasteiger partial charge on any atom is 0.230 e. The summed E-state index contributed by atoms with van der Waals surface area (Å²) in [5.74, 6) is 1.87. The van der Waals surface area contributed by atoms with Gasteiger partial charge in [0.15, 0.2) is 17.3 Å².